The van der Waals surface area contributed by atoms with Crippen LogP contribution in [0, 0.1) is 20.2 Å². The molecule has 0 saturated carbocycles. The summed E-state index contributed by atoms with van der Waals surface area (Å²) in [4.78, 5) is 32.3. The summed E-state index contributed by atoms with van der Waals surface area (Å²) < 4.78 is 0. The molecule has 0 aliphatic rings. The van der Waals surface area contributed by atoms with Gasteiger partial charge in [-0.1, -0.05) is 23.7 Å². The Hall–Kier alpha value is -3.00. The molecule has 0 aliphatic heterocycles. The average Bonchev–Trinajstić information content (AvgIpc) is 2.47. The van der Waals surface area contributed by atoms with Crippen LogP contribution >= 0.6 is 11.6 Å². The molecule has 22 heavy (non-hydrogen) atoms. The van der Waals surface area contributed by atoms with E-state index < -0.39 is 15.8 Å². The molecule has 0 bridgehead atoms. The number of hydrogen-bond donors (Lipinski definition) is 1. The van der Waals surface area contributed by atoms with Crippen LogP contribution in [-0.2, 0) is 0 Å². The summed E-state index contributed by atoms with van der Waals surface area (Å²) in [5, 5.41) is 23.7. The van der Waals surface area contributed by atoms with Gasteiger partial charge < -0.3 is 5.32 Å². The minimum absolute atomic E-state index is 0.00641. The zero-order valence-corrected chi connectivity index (χ0v) is 11.6. The standard InChI is InChI=1S/C13H8ClN3O5/c14-10-7-8(16(19)20)5-6-9(10)13(18)15-11-3-1-2-4-12(11)17(21)22/h1-7H,(H,15,18). The lowest BCUT2D eigenvalue weighted by atomic mass is 10.2. The summed E-state index contributed by atoms with van der Waals surface area (Å²) in [6.45, 7) is 0. The largest absolute Gasteiger partial charge is 0.316 e. The average molecular weight is 322 g/mol. The SMILES string of the molecule is O=C(Nc1ccccc1[N+](=O)[O-])c1ccc([N+](=O)[O-])cc1Cl. The van der Waals surface area contributed by atoms with E-state index in [2.05, 4.69) is 5.32 Å². The van der Waals surface area contributed by atoms with Gasteiger partial charge in [-0.05, 0) is 12.1 Å². The number of nitro groups is 2. The number of nitrogens with zero attached hydrogens (tertiary/aromatic N) is 2. The molecule has 0 spiro atoms. The van der Waals surface area contributed by atoms with Crippen molar-refractivity contribution >= 4 is 34.6 Å². The molecule has 0 saturated heterocycles. The smallest absolute Gasteiger partial charge is 0.292 e. The molecule has 2 rings (SSSR count). The van der Waals surface area contributed by atoms with E-state index in [1.54, 1.807) is 0 Å². The molecule has 0 atom stereocenters. The number of benzene rings is 2. The van der Waals surface area contributed by atoms with Crippen LogP contribution in [0.3, 0.4) is 0 Å². The number of carbonyl (C=O) groups is 1. The lowest BCUT2D eigenvalue weighted by Gasteiger charge is -2.07. The van der Waals surface area contributed by atoms with Gasteiger partial charge in [0.2, 0.25) is 0 Å². The minimum atomic E-state index is -0.700. The van der Waals surface area contributed by atoms with Gasteiger partial charge >= 0.3 is 0 Å². The van der Waals surface area contributed by atoms with Gasteiger partial charge in [0.1, 0.15) is 5.69 Å². The Kier molecular flexibility index (Phi) is 4.33. The van der Waals surface area contributed by atoms with Crippen LogP contribution in [0.1, 0.15) is 10.4 Å². The number of rotatable bonds is 4. The zero-order chi connectivity index (χ0) is 16.3. The van der Waals surface area contributed by atoms with E-state index in [-0.39, 0.29) is 27.6 Å². The lowest BCUT2D eigenvalue weighted by Crippen LogP contribution is -2.13. The van der Waals surface area contributed by atoms with Crippen molar-refractivity contribution in [1.29, 1.82) is 0 Å². The predicted molar refractivity (Wildman–Crippen MR) is 79.2 cm³/mol. The molecular weight excluding hydrogens is 314 g/mol. The second-order valence-corrected chi connectivity index (χ2v) is 4.56. The van der Waals surface area contributed by atoms with Gasteiger partial charge in [0.15, 0.2) is 0 Å². The Morgan fingerprint density at radius 2 is 1.73 bits per heavy atom. The van der Waals surface area contributed by atoms with E-state index >= 15 is 0 Å². The first-order valence-electron chi connectivity index (χ1n) is 5.89. The second-order valence-electron chi connectivity index (χ2n) is 4.15. The quantitative estimate of drug-likeness (QED) is 0.684. The van der Waals surface area contributed by atoms with Gasteiger partial charge in [-0.25, -0.2) is 0 Å². The number of para-hydroxylation sites is 2. The maximum Gasteiger partial charge on any atom is 0.292 e. The lowest BCUT2D eigenvalue weighted by molar-refractivity contribution is -0.384. The summed E-state index contributed by atoms with van der Waals surface area (Å²) >= 11 is 5.84. The summed E-state index contributed by atoms with van der Waals surface area (Å²) in [6, 6.07) is 8.95. The Morgan fingerprint density at radius 3 is 2.32 bits per heavy atom. The Balaban J connectivity index is 2.31. The van der Waals surface area contributed by atoms with Crippen molar-refractivity contribution in [1.82, 2.24) is 0 Å². The van der Waals surface area contributed by atoms with E-state index in [1.807, 2.05) is 0 Å². The number of nitro benzene ring substituents is 2. The highest BCUT2D eigenvalue weighted by molar-refractivity contribution is 6.34. The van der Waals surface area contributed by atoms with Crippen molar-refractivity contribution in [2.75, 3.05) is 5.32 Å². The molecule has 2 aromatic rings. The molecule has 0 aliphatic carbocycles. The molecule has 2 aromatic carbocycles. The van der Waals surface area contributed by atoms with Crippen molar-refractivity contribution in [2.24, 2.45) is 0 Å². The first-order chi connectivity index (χ1) is 10.4. The number of anilines is 1. The van der Waals surface area contributed by atoms with E-state index in [0.29, 0.717) is 0 Å². The van der Waals surface area contributed by atoms with Gasteiger partial charge in [-0.15, -0.1) is 0 Å². The fourth-order valence-electron chi connectivity index (χ4n) is 1.73. The molecule has 0 heterocycles. The van der Waals surface area contributed by atoms with Crippen molar-refractivity contribution < 1.29 is 14.6 Å². The highest BCUT2D eigenvalue weighted by Gasteiger charge is 2.19. The summed E-state index contributed by atoms with van der Waals surface area (Å²) in [6.07, 6.45) is 0. The highest BCUT2D eigenvalue weighted by Crippen LogP contribution is 2.26. The van der Waals surface area contributed by atoms with Crippen LogP contribution < -0.4 is 5.32 Å². The second kappa shape index (κ2) is 6.19. The number of non-ortho nitro benzene ring substituents is 1. The number of nitrogens with one attached hydrogen (secondary N) is 1. The van der Waals surface area contributed by atoms with Crippen molar-refractivity contribution in [2.45, 2.75) is 0 Å². The number of hydrogen-bond acceptors (Lipinski definition) is 5. The highest BCUT2D eigenvalue weighted by atomic mass is 35.5. The van der Waals surface area contributed by atoms with Crippen molar-refractivity contribution in [3.63, 3.8) is 0 Å². The molecule has 9 heteroatoms. The van der Waals surface area contributed by atoms with E-state index in [0.717, 1.165) is 12.1 Å². The van der Waals surface area contributed by atoms with Gasteiger partial charge in [-0.2, -0.15) is 0 Å². The topological polar surface area (TPSA) is 115 Å². The van der Waals surface area contributed by atoms with Gasteiger partial charge in [0.05, 0.1) is 20.4 Å². The first kappa shape index (κ1) is 15.4. The summed E-state index contributed by atoms with van der Waals surface area (Å²) in [5.41, 5.74) is -0.543. The van der Waals surface area contributed by atoms with Gasteiger partial charge in [0.25, 0.3) is 17.3 Å². The fraction of sp³-hybridized carbons (Fsp3) is 0. The predicted octanol–water partition coefficient (Wildman–Crippen LogP) is 3.41. The van der Waals surface area contributed by atoms with Crippen molar-refractivity contribution in [3.05, 3.63) is 73.3 Å². The van der Waals surface area contributed by atoms with E-state index in [4.69, 9.17) is 11.6 Å². The zero-order valence-electron chi connectivity index (χ0n) is 10.9. The molecule has 8 nitrogen and oxygen atoms in total. The Bertz CT molecular complexity index is 778. The van der Waals surface area contributed by atoms with Crippen LogP contribution in [0.5, 0.6) is 0 Å². The fourth-order valence-corrected chi connectivity index (χ4v) is 1.99. The van der Waals surface area contributed by atoms with Gasteiger partial charge in [0, 0.05) is 18.2 Å². The maximum absolute atomic E-state index is 12.1. The number of carbonyl (C=O) groups excluding carboxylic acids is 1. The Labute approximate surface area is 128 Å². The van der Waals surface area contributed by atoms with Crippen LogP contribution in [-0.4, -0.2) is 15.8 Å². The first-order valence-corrected chi connectivity index (χ1v) is 6.26. The van der Waals surface area contributed by atoms with Crippen LogP contribution in [0.2, 0.25) is 5.02 Å². The molecule has 0 aromatic heterocycles. The third kappa shape index (κ3) is 3.18. The third-order valence-electron chi connectivity index (χ3n) is 2.76. The van der Waals surface area contributed by atoms with Crippen LogP contribution in [0.4, 0.5) is 17.1 Å². The number of amides is 1. The van der Waals surface area contributed by atoms with Crippen LogP contribution in [0.25, 0.3) is 0 Å². The van der Waals surface area contributed by atoms with E-state index in [9.17, 15) is 25.0 Å². The Morgan fingerprint density at radius 1 is 1.05 bits per heavy atom. The van der Waals surface area contributed by atoms with Crippen molar-refractivity contribution in [3.8, 4) is 0 Å². The molecule has 112 valence electrons. The monoisotopic (exact) mass is 321 g/mol. The molecule has 0 unspecified atom stereocenters. The van der Waals surface area contributed by atoms with Gasteiger partial charge in [-0.3, -0.25) is 25.0 Å². The maximum atomic E-state index is 12.1. The third-order valence-corrected chi connectivity index (χ3v) is 3.07. The summed E-state index contributed by atoms with van der Waals surface area (Å²) in [5.74, 6) is -0.700. The molecule has 0 fully saturated rings. The molecule has 1 N–H and O–H groups in total. The summed E-state index contributed by atoms with van der Waals surface area (Å²) in [7, 11) is 0. The van der Waals surface area contributed by atoms with E-state index in [1.165, 1.54) is 30.3 Å². The minimum Gasteiger partial charge on any atom is -0.316 e. The van der Waals surface area contributed by atoms with Crippen LogP contribution in [0.15, 0.2) is 42.5 Å². The number of halogens is 1. The molecule has 0 radical (unpaired) electrons. The normalized spacial score (nSPS) is 10.0. The molecule has 1 amide bonds. The molecular formula is C13H8ClN3O5.